The smallest absolute Gasteiger partial charge is 0.350 e. The predicted octanol–water partition coefficient (Wildman–Crippen LogP) is 6.13. The molecule has 2 heterocycles. The molecule has 1 N–H and O–H groups in total. The number of imide groups is 1. The SMILES string of the molecule is Cc1cc(Cl)ccc1NC1=C(c2cccs2)C(=O)N(c2ccc(C(F)(F)F)cc2)C1=O. The molecule has 0 unspecified atom stereocenters. The van der Waals surface area contributed by atoms with Gasteiger partial charge in [0.2, 0.25) is 0 Å². The summed E-state index contributed by atoms with van der Waals surface area (Å²) in [4.78, 5) is 27.9. The summed E-state index contributed by atoms with van der Waals surface area (Å²) in [7, 11) is 0. The fraction of sp³-hybridized carbons (Fsp3) is 0.0909. The molecule has 2 amide bonds. The Morgan fingerprint density at radius 2 is 1.71 bits per heavy atom. The van der Waals surface area contributed by atoms with Gasteiger partial charge in [-0.3, -0.25) is 9.59 Å². The number of carbonyl (C=O) groups is 2. The first-order chi connectivity index (χ1) is 14.7. The Morgan fingerprint density at radius 1 is 1.00 bits per heavy atom. The van der Waals surface area contributed by atoms with Crippen LogP contribution in [0.4, 0.5) is 24.5 Å². The molecule has 0 fully saturated rings. The van der Waals surface area contributed by atoms with Crippen LogP contribution in [0, 0.1) is 6.92 Å². The fourth-order valence-corrected chi connectivity index (χ4v) is 4.23. The summed E-state index contributed by atoms with van der Waals surface area (Å²) in [6, 6.07) is 12.4. The molecule has 0 aliphatic carbocycles. The topological polar surface area (TPSA) is 49.4 Å². The van der Waals surface area contributed by atoms with Crippen molar-refractivity contribution in [2.24, 2.45) is 0 Å². The van der Waals surface area contributed by atoms with E-state index in [1.54, 1.807) is 42.6 Å². The van der Waals surface area contributed by atoms with Crippen LogP contribution in [0.2, 0.25) is 5.02 Å². The molecular weight excluding hydrogens is 449 g/mol. The maximum absolute atomic E-state index is 13.2. The van der Waals surface area contributed by atoms with E-state index < -0.39 is 23.6 Å². The number of alkyl halides is 3. The van der Waals surface area contributed by atoms with Crippen LogP contribution in [-0.4, -0.2) is 11.8 Å². The number of aryl methyl sites for hydroxylation is 1. The minimum atomic E-state index is -4.52. The zero-order valence-electron chi connectivity index (χ0n) is 16.0. The van der Waals surface area contributed by atoms with Crippen molar-refractivity contribution in [3.05, 3.63) is 86.7 Å². The van der Waals surface area contributed by atoms with Gasteiger partial charge in [-0.2, -0.15) is 13.2 Å². The van der Waals surface area contributed by atoms with Gasteiger partial charge < -0.3 is 5.32 Å². The maximum Gasteiger partial charge on any atom is 0.416 e. The van der Waals surface area contributed by atoms with Crippen molar-refractivity contribution >= 4 is 51.7 Å². The number of rotatable bonds is 4. The van der Waals surface area contributed by atoms with E-state index in [-0.39, 0.29) is 17.0 Å². The number of carbonyl (C=O) groups excluding carboxylic acids is 2. The van der Waals surface area contributed by atoms with Crippen LogP contribution in [0.3, 0.4) is 0 Å². The Bertz CT molecular complexity index is 1200. The first-order valence-corrected chi connectivity index (χ1v) is 10.3. The van der Waals surface area contributed by atoms with Gasteiger partial charge in [-0.15, -0.1) is 11.3 Å². The molecule has 0 saturated heterocycles. The summed E-state index contributed by atoms with van der Waals surface area (Å²) in [5.74, 6) is -1.26. The van der Waals surface area contributed by atoms with E-state index in [1.807, 2.05) is 0 Å². The molecule has 3 aromatic rings. The van der Waals surface area contributed by atoms with Gasteiger partial charge in [0, 0.05) is 15.6 Å². The average molecular weight is 463 g/mol. The Labute approximate surface area is 184 Å². The predicted molar refractivity (Wildman–Crippen MR) is 115 cm³/mol. The highest BCUT2D eigenvalue weighted by molar-refractivity contribution is 7.11. The van der Waals surface area contributed by atoms with Crippen molar-refractivity contribution in [1.29, 1.82) is 0 Å². The monoisotopic (exact) mass is 462 g/mol. The molecule has 0 saturated carbocycles. The molecule has 0 bridgehead atoms. The van der Waals surface area contributed by atoms with Gasteiger partial charge in [0.1, 0.15) is 5.70 Å². The van der Waals surface area contributed by atoms with Crippen molar-refractivity contribution < 1.29 is 22.8 Å². The number of halogens is 4. The molecular formula is C22H14ClF3N2O2S. The van der Waals surface area contributed by atoms with E-state index in [4.69, 9.17) is 11.6 Å². The molecule has 0 atom stereocenters. The van der Waals surface area contributed by atoms with Gasteiger partial charge in [-0.1, -0.05) is 17.7 Å². The molecule has 4 rings (SSSR count). The Balaban J connectivity index is 1.76. The molecule has 1 aromatic heterocycles. The van der Waals surface area contributed by atoms with Crippen molar-refractivity contribution in [1.82, 2.24) is 0 Å². The quantitative estimate of drug-likeness (QED) is 0.475. The van der Waals surface area contributed by atoms with Crippen LogP contribution in [0.25, 0.3) is 5.57 Å². The summed E-state index contributed by atoms with van der Waals surface area (Å²) in [5, 5.41) is 5.32. The normalized spacial score (nSPS) is 14.5. The zero-order valence-corrected chi connectivity index (χ0v) is 17.5. The lowest BCUT2D eigenvalue weighted by Gasteiger charge is -2.16. The fourth-order valence-electron chi connectivity index (χ4n) is 3.23. The van der Waals surface area contributed by atoms with Gasteiger partial charge >= 0.3 is 6.18 Å². The number of nitrogens with one attached hydrogen (secondary N) is 1. The number of thiophene rings is 1. The van der Waals surface area contributed by atoms with E-state index in [2.05, 4.69) is 5.32 Å². The van der Waals surface area contributed by atoms with Crippen LogP contribution >= 0.6 is 22.9 Å². The lowest BCUT2D eigenvalue weighted by atomic mass is 10.1. The third-order valence-corrected chi connectivity index (χ3v) is 5.87. The summed E-state index contributed by atoms with van der Waals surface area (Å²) in [5.41, 5.74) is 0.758. The second-order valence-electron chi connectivity index (χ2n) is 6.80. The van der Waals surface area contributed by atoms with Crippen molar-refractivity contribution in [2.45, 2.75) is 13.1 Å². The molecule has 1 aliphatic rings. The van der Waals surface area contributed by atoms with Crippen LogP contribution < -0.4 is 10.2 Å². The molecule has 4 nitrogen and oxygen atoms in total. The number of anilines is 2. The van der Waals surface area contributed by atoms with Gasteiger partial charge in [0.05, 0.1) is 16.8 Å². The summed E-state index contributed by atoms with van der Waals surface area (Å²) < 4.78 is 38.7. The number of nitrogens with zero attached hydrogens (tertiary/aromatic N) is 1. The molecule has 0 radical (unpaired) electrons. The number of hydrogen-bond donors (Lipinski definition) is 1. The third kappa shape index (κ3) is 3.96. The zero-order chi connectivity index (χ0) is 22.3. The van der Waals surface area contributed by atoms with Crippen molar-refractivity contribution in [2.75, 3.05) is 10.2 Å². The molecule has 0 spiro atoms. The minimum absolute atomic E-state index is 0.0535. The van der Waals surface area contributed by atoms with Crippen molar-refractivity contribution in [3.63, 3.8) is 0 Å². The molecule has 2 aromatic carbocycles. The average Bonchev–Trinajstić information content (AvgIpc) is 3.30. The maximum atomic E-state index is 13.2. The number of benzene rings is 2. The van der Waals surface area contributed by atoms with Gasteiger partial charge in [-0.05, 0) is 66.4 Å². The first kappa shape index (κ1) is 21.1. The van der Waals surface area contributed by atoms with Crippen LogP contribution in [0.5, 0.6) is 0 Å². The Hall–Kier alpha value is -3.10. The first-order valence-electron chi connectivity index (χ1n) is 9.04. The largest absolute Gasteiger partial charge is 0.416 e. The van der Waals surface area contributed by atoms with E-state index >= 15 is 0 Å². The summed E-state index contributed by atoms with van der Waals surface area (Å²) >= 11 is 7.28. The third-order valence-electron chi connectivity index (χ3n) is 4.75. The second kappa shape index (κ2) is 7.86. The Morgan fingerprint density at radius 3 is 2.29 bits per heavy atom. The van der Waals surface area contributed by atoms with E-state index in [0.717, 1.165) is 34.7 Å². The second-order valence-corrected chi connectivity index (χ2v) is 8.19. The number of amides is 2. The van der Waals surface area contributed by atoms with Crippen molar-refractivity contribution in [3.8, 4) is 0 Å². The van der Waals surface area contributed by atoms with Gasteiger partial charge in [-0.25, -0.2) is 4.90 Å². The standard InChI is InChI=1S/C22H14ClF3N2O2S/c1-12-11-14(23)6-9-16(12)27-19-18(17-3-2-10-31-17)20(29)28(21(19)30)15-7-4-13(5-8-15)22(24,25)26/h2-11,27H,1H3. The highest BCUT2D eigenvalue weighted by Gasteiger charge is 2.41. The molecule has 9 heteroatoms. The number of hydrogen-bond acceptors (Lipinski definition) is 4. The molecule has 1 aliphatic heterocycles. The van der Waals surface area contributed by atoms with Crippen LogP contribution in [0.15, 0.2) is 65.7 Å². The van der Waals surface area contributed by atoms with Gasteiger partial charge in [0.25, 0.3) is 11.8 Å². The summed E-state index contributed by atoms with van der Waals surface area (Å²) in [6.07, 6.45) is -4.52. The minimum Gasteiger partial charge on any atom is -0.350 e. The van der Waals surface area contributed by atoms with E-state index in [1.165, 1.54) is 11.3 Å². The highest BCUT2D eigenvalue weighted by Crippen LogP contribution is 2.37. The van der Waals surface area contributed by atoms with E-state index in [9.17, 15) is 22.8 Å². The van der Waals surface area contributed by atoms with Crippen LogP contribution in [0.1, 0.15) is 16.0 Å². The molecule has 31 heavy (non-hydrogen) atoms. The lowest BCUT2D eigenvalue weighted by molar-refractivity contribution is -0.137. The van der Waals surface area contributed by atoms with Gasteiger partial charge in [0.15, 0.2) is 0 Å². The summed E-state index contributed by atoms with van der Waals surface area (Å²) in [6.45, 7) is 1.80. The Kier molecular flexibility index (Phi) is 5.36. The molecule has 158 valence electrons. The van der Waals surface area contributed by atoms with Crippen LogP contribution in [-0.2, 0) is 15.8 Å². The van der Waals surface area contributed by atoms with E-state index in [0.29, 0.717) is 15.6 Å². The lowest BCUT2D eigenvalue weighted by Crippen LogP contribution is -2.32. The highest BCUT2D eigenvalue weighted by atomic mass is 35.5.